The minimum absolute atomic E-state index is 0.314. The maximum absolute atomic E-state index is 6.08. The molecule has 5 rings (SSSR count). The number of anilines is 1. The molecule has 2 aromatic carbocycles. The first kappa shape index (κ1) is 19.4. The fourth-order valence-electron chi connectivity index (χ4n) is 4.04. The molecule has 0 spiro atoms. The van der Waals surface area contributed by atoms with Gasteiger partial charge in [0.2, 0.25) is 0 Å². The van der Waals surface area contributed by atoms with Crippen LogP contribution in [0.25, 0.3) is 28.1 Å². The Balaban J connectivity index is 1.52. The molecule has 5 heteroatoms. The molecule has 0 radical (unpaired) electrons. The molecule has 0 fully saturated rings. The number of aromatic nitrogens is 3. The Morgan fingerprint density at radius 3 is 2.48 bits per heavy atom. The number of hydrogen-bond acceptors (Lipinski definition) is 4. The molecule has 0 aliphatic heterocycles. The SMILES string of the molecule is CC(CN(c1ccc2ncc(-c3cc4ccccc4o3)n2n1)C(C)C)c1ccccc1. The van der Waals surface area contributed by atoms with Gasteiger partial charge in [-0.2, -0.15) is 0 Å². The summed E-state index contributed by atoms with van der Waals surface area (Å²) in [6.45, 7) is 7.56. The van der Waals surface area contributed by atoms with Crippen LogP contribution in [-0.2, 0) is 0 Å². The highest BCUT2D eigenvalue weighted by Crippen LogP contribution is 2.29. The van der Waals surface area contributed by atoms with Crippen LogP contribution in [-0.4, -0.2) is 27.2 Å². The summed E-state index contributed by atoms with van der Waals surface area (Å²) in [5, 5.41) is 6.04. The first-order chi connectivity index (χ1) is 15.1. The van der Waals surface area contributed by atoms with Crippen molar-refractivity contribution in [3.05, 3.63) is 84.6 Å². The lowest BCUT2D eigenvalue weighted by molar-refractivity contribution is 0.609. The van der Waals surface area contributed by atoms with Crippen molar-refractivity contribution < 1.29 is 4.42 Å². The van der Waals surface area contributed by atoms with Crippen LogP contribution in [0.4, 0.5) is 5.82 Å². The van der Waals surface area contributed by atoms with Gasteiger partial charge in [-0.05, 0) is 49.6 Å². The van der Waals surface area contributed by atoms with Crippen molar-refractivity contribution in [1.82, 2.24) is 14.6 Å². The van der Waals surface area contributed by atoms with Gasteiger partial charge in [0.25, 0.3) is 0 Å². The monoisotopic (exact) mass is 410 g/mol. The van der Waals surface area contributed by atoms with Gasteiger partial charge in [0.15, 0.2) is 11.4 Å². The fraction of sp³-hybridized carbons (Fsp3) is 0.231. The van der Waals surface area contributed by atoms with Gasteiger partial charge in [-0.1, -0.05) is 55.5 Å². The Hall–Kier alpha value is -3.60. The highest BCUT2D eigenvalue weighted by atomic mass is 16.3. The van der Waals surface area contributed by atoms with E-state index < -0.39 is 0 Å². The van der Waals surface area contributed by atoms with Crippen LogP contribution in [0.3, 0.4) is 0 Å². The predicted octanol–water partition coefficient (Wildman–Crippen LogP) is 6.16. The van der Waals surface area contributed by atoms with E-state index in [4.69, 9.17) is 9.52 Å². The maximum atomic E-state index is 6.08. The minimum atomic E-state index is 0.314. The smallest absolute Gasteiger partial charge is 0.155 e. The maximum Gasteiger partial charge on any atom is 0.155 e. The van der Waals surface area contributed by atoms with E-state index in [2.05, 4.69) is 73.1 Å². The molecule has 0 saturated carbocycles. The number of rotatable bonds is 6. The summed E-state index contributed by atoms with van der Waals surface area (Å²) in [5.41, 5.74) is 3.86. The van der Waals surface area contributed by atoms with Crippen LogP contribution in [0.1, 0.15) is 32.3 Å². The summed E-state index contributed by atoms with van der Waals surface area (Å²) in [5.74, 6) is 2.09. The molecule has 1 unspecified atom stereocenters. The van der Waals surface area contributed by atoms with Crippen molar-refractivity contribution in [1.29, 1.82) is 0 Å². The van der Waals surface area contributed by atoms with E-state index in [-0.39, 0.29) is 0 Å². The summed E-state index contributed by atoms with van der Waals surface area (Å²) >= 11 is 0. The molecular weight excluding hydrogens is 384 g/mol. The lowest BCUT2D eigenvalue weighted by Crippen LogP contribution is -2.35. The number of fused-ring (bicyclic) bond motifs is 2. The summed E-state index contributed by atoms with van der Waals surface area (Å²) in [6, 6.07) is 25.1. The molecule has 0 aliphatic carbocycles. The third-order valence-corrected chi connectivity index (χ3v) is 5.78. The van der Waals surface area contributed by atoms with Crippen molar-refractivity contribution >= 4 is 22.4 Å². The van der Waals surface area contributed by atoms with Crippen molar-refractivity contribution in [2.24, 2.45) is 0 Å². The molecule has 156 valence electrons. The Morgan fingerprint density at radius 1 is 0.935 bits per heavy atom. The van der Waals surface area contributed by atoms with Gasteiger partial charge in [-0.3, -0.25) is 0 Å². The number of imidazole rings is 1. The zero-order chi connectivity index (χ0) is 21.4. The Morgan fingerprint density at radius 2 is 1.71 bits per heavy atom. The van der Waals surface area contributed by atoms with E-state index in [1.54, 1.807) is 0 Å². The van der Waals surface area contributed by atoms with Crippen LogP contribution in [0.15, 0.2) is 83.4 Å². The molecule has 31 heavy (non-hydrogen) atoms. The van der Waals surface area contributed by atoms with E-state index in [1.807, 2.05) is 41.0 Å². The number of para-hydroxylation sites is 1. The lowest BCUT2D eigenvalue weighted by Gasteiger charge is -2.30. The van der Waals surface area contributed by atoms with Crippen LogP contribution >= 0.6 is 0 Å². The van der Waals surface area contributed by atoms with E-state index >= 15 is 0 Å². The molecule has 5 nitrogen and oxygen atoms in total. The zero-order valence-electron chi connectivity index (χ0n) is 18.1. The molecule has 3 heterocycles. The third-order valence-electron chi connectivity index (χ3n) is 5.78. The van der Waals surface area contributed by atoms with Crippen LogP contribution in [0.2, 0.25) is 0 Å². The molecule has 0 aliphatic rings. The largest absolute Gasteiger partial charge is 0.454 e. The van der Waals surface area contributed by atoms with Crippen LogP contribution in [0.5, 0.6) is 0 Å². The quantitative estimate of drug-likeness (QED) is 0.336. The summed E-state index contributed by atoms with van der Waals surface area (Å²) < 4.78 is 7.96. The normalized spacial score (nSPS) is 12.6. The number of hydrogen-bond donors (Lipinski definition) is 0. The average molecular weight is 411 g/mol. The standard InChI is InChI=1S/C26H26N4O/c1-18(2)29(17-19(3)20-9-5-4-6-10-20)26-14-13-25-27-16-22(30(25)28-26)24-15-21-11-7-8-12-23(21)31-24/h4-16,18-19H,17H2,1-3H3. The topological polar surface area (TPSA) is 46.6 Å². The first-order valence-corrected chi connectivity index (χ1v) is 10.8. The Kier molecular flexibility index (Phi) is 4.94. The molecule has 3 aromatic heterocycles. The minimum Gasteiger partial charge on any atom is -0.454 e. The molecule has 1 atom stereocenters. The summed E-state index contributed by atoms with van der Waals surface area (Å²) in [4.78, 5) is 6.89. The molecule has 0 bridgehead atoms. The van der Waals surface area contributed by atoms with Crippen molar-refractivity contribution in [3.8, 4) is 11.5 Å². The molecule has 5 aromatic rings. The van der Waals surface area contributed by atoms with Crippen molar-refractivity contribution in [3.63, 3.8) is 0 Å². The van der Waals surface area contributed by atoms with E-state index in [1.165, 1.54) is 5.56 Å². The zero-order valence-corrected chi connectivity index (χ0v) is 18.1. The molecular formula is C26H26N4O. The van der Waals surface area contributed by atoms with Gasteiger partial charge >= 0.3 is 0 Å². The Bertz CT molecular complexity index is 1290. The van der Waals surface area contributed by atoms with Gasteiger partial charge in [0, 0.05) is 18.0 Å². The van der Waals surface area contributed by atoms with Crippen molar-refractivity contribution in [2.75, 3.05) is 11.4 Å². The van der Waals surface area contributed by atoms with Gasteiger partial charge in [0.1, 0.15) is 17.1 Å². The second-order valence-electron chi connectivity index (χ2n) is 8.31. The van der Waals surface area contributed by atoms with Gasteiger partial charge in [-0.15, -0.1) is 5.10 Å². The van der Waals surface area contributed by atoms with Crippen LogP contribution in [0, 0.1) is 0 Å². The van der Waals surface area contributed by atoms with E-state index in [9.17, 15) is 0 Å². The highest BCUT2D eigenvalue weighted by molar-refractivity contribution is 5.82. The fourth-order valence-corrected chi connectivity index (χ4v) is 4.04. The lowest BCUT2D eigenvalue weighted by atomic mass is 10.0. The highest BCUT2D eigenvalue weighted by Gasteiger charge is 2.19. The van der Waals surface area contributed by atoms with Crippen molar-refractivity contribution in [2.45, 2.75) is 32.7 Å². The van der Waals surface area contributed by atoms with Gasteiger partial charge in [0.05, 0.1) is 6.20 Å². The second kappa shape index (κ2) is 7.91. The van der Waals surface area contributed by atoms with Gasteiger partial charge < -0.3 is 9.32 Å². The Labute approximate surface area is 181 Å². The average Bonchev–Trinajstić information content (AvgIpc) is 3.41. The number of nitrogens with zero attached hydrogens (tertiary/aromatic N) is 4. The van der Waals surface area contributed by atoms with E-state index in [0.717, 1.165) is 40.4 Å². The van der Waals surface area contributed by atoms with E-state index in [0.29, 0.717) is 12.0 Å². The molecule has 0 N–H and O–H groups in total. The molecule has 0 saturated heterocycles. The predicted molar refractivity (Wildman–Crippen MR) is 126 cm³/mol. The number of furan rings is 1. The number of benzene rings is 2. The summed E-state index contributed by atoms with van der Waals surface area (Å²) in [6.07, 6.45) is 1.83. The molecule has 0 amide bonds. The van der Waals surface area contributed by atoms with Gasteiger partial charge in [-0.25, -0.2) is 9.50 Å². The first-order valence-electron chi connectivity index (χ1n) is 10.8. The summed E-state index contributed by atoms with van der Waals surface area (Å²) in [7, 11) is 0. The van der Waals surface area contributed by atoms with Crippen LogP contribution < -0.4 is 4.90 Å². The second-order valence-corrected chi connectivity index (χ2v) is 8.31. The third kappa shape index (κ3) is 3.67.